The number of benzene rings is 3. The summed E-state index contributed by atoms with van der Waals surface area (Å²) in [6.07, 6.45) is 0.878. The van der Waals surface area contributed by atoms with Crippen LogP contribution >= 0.6 is 0 Å². The summed E-state index contributed by atoms with van der Waals surface area (Å²) < 4.78 is 14.3. The molecule has 0 amide bonds. The summed E-state index contributed by atoms with van der Waals surface area (Å²) in [5.41, 5.74) is 5.71. The molecule has 0 aliphatic heterocycles. The Morgan fingerprint density at radius 2 is 1.41 bits per heavy atom. The molecule has 3 rings (SSSR count). The van der Waals surface area contributed by atoms with E-state index in [0.29, 0.717) is 0 Å². The van der Waals surface area contributed by atoms with Gasteiger partial charge in [0.05, 0.1) is 0 Å². The van der Waals surface area contributed by atoms with E-state index in [1.54, 1.807) is 6.07 Å². The van der Waals surface area contributed by atoms with Crippen LogP contribution in [0.15, 0.2) is 48.5 Å². The van der Waals surface area contributed by atoms with E-state index in [1.807, 2.05) is 13.0 Å². The van der Waals surface area contributed by atoms with Gasteiger partial charge in [0.1, 0.15) is 5.82 Å². The molecule has 0 saturated carbocycles. The molecule has 0 atom stereocenters. The smallest absolute Gasteiger partial charge is 0.126 e. The third-order valence-electron chi connectivity index (χ3n) is 5.74. The van der Waals surface area contributed by atoms with Gasteiger partial charge in [0.25, 0.3) is 0 Å². The van der Waals surface area contributed by atoms with Crippen LogP contribution in [0.4, 0.5) is 4.39 Å². The zero-order valence-electron chi connectivity index (χ0n) is 17.7. The molecular formula is C26H31F. The molecule has 0 heterocycles. The molecule has 0 aliphatic rings. The summed E-state index contributed by atoms with van der Waals surface area (Å²) in [4.78, 5) is 0. The minimum atomic E-state index is -0.151. The van der Waals surface area contributed by atoms with Gasteiger partial charge in [-0.15, -0.1) is 0 Å². The highest BCUT2D eigenvalue weighted by Crippen LogP contribution is 2.37. The van der Waals surface area contributed by atoms with E-state index in [-0.39, 0.29) is 16.6 Å². The van der Waals surface area contributed by atoms with Gasteiger partial charge in [0, 0.05) is 0 Å². The lowest BCUT2D eigenvalue weighted by molar-refractivity contribution is 0.508. The largest absolute Gasteiger partial charge is 0.207 e. The van der Waals surface area contributed by atoms with Crippen molar-refractivity contribution in [1.82, 2.24) is 0 Å². The van der Waals surface area contributed by atoms with Crippen LogP contribution in [-0.2, 0) is 17.3 Å². The summed E-state index contributed by atoms with van der Waals surface area (Å²) in [6.45, 7) is 15.2. The predicted octanol–water partition coefficient (Wildman–Crippen LogP) is 7.41. The average Bonchev–Trinajstić information content (AvgIpc) is 2.57. The van der Waals surface area contributed by atoms with Crippen LogP contribution in [0.2, 0.25) is 0 Å². The number of hydrogen-bond donors (Lipinski definition) is 0. The molecule has 0 fully saturated rings. The lowest BCUT2D eigenvalue weighted by atomic mass is 9.74. The Bertz CT molecular complexity index is 987. The van der Waals surface area contributed by atoms with Crippen molar-refractivity contribution in [3.8, 4) is 0 Å². The summed E-state index contributed by atoms with van der Waals surface area (Å²) in [7, 11) is 0. The van der Waals surface area contributed by atoms with Crippen molar-refractivity contribution in [1.29, 1.82) is 0 Å². The van der Waals surface area contributed by atoms with Gasteiger partial charge in [0.15, 0.2) is 0 Å². The standard InChI is InChI=1S/C26H31F/c1-17-14-15-23(27)18(2)24(17)26(6,7)16-19-10-8-12-21-20(19)11-9-13-22(21)25(3,4)5/h8-15H,16H2,1-7H3. The van der Waals surface area contributed by atoms with Crippen molar-refractivity contribution in [2.45, 2.75) is 65.7 Å². The fourth-order valence-corrected chi connectivity index (χ4v) is 4.61. The zero-order valence-corrected chi connectivity index (χ0v) is 17.7. The maximum absolute atomic E-state index is 14.3. The number of fused-ring (bicyclic) bond motifs is 1. The van der Waals surface area contributed by atoms with Crippen molar-refractivity contribution in [3.63, 3.8) is 0 Å². The first-order valence-electron chi connectivity index (χ1n) is 9.79. The van der Waals surface area contributed by atoms with Crippen LogP contribution in [0.25, 0.3) is 10.8 Å². The van der Waals surface area contributed by atoms with E-state index in [9.17, 15) is 4.39 Å². The first-order chi connectivity index (χ1) is 12.5. The van der Waals surface area contributed by atoms with Crippen molar-refractivity contribution >= 4 is 10.8 Å². The Labute approximate surface area is 163 Å². The van der Waals surface area contributed by atoms with Crippen LogP contribution in [-0.4, -0.2) is 0 Å². The molecule has 3 aromatic carbocycles. The number of aryl methyl sites for hydroxylation is 1. The van der Waals surface area contributed by atoms with E-state index in [1.165, 1.54) is 21.9 Å². The van der Waals surface area contributed by atoms with Gasteiger partial charge in [0.2, 0.25) is 0 Å². The summed E-state index contributed by atoms with van der Waals surface area (Å²) >= 11 is 0. The highest BCUT2D eigenvalue weighted by Gasteiger charge is 2.27. The molecule has 0 nitrogen and oxygen atoms in total. The van der Waals surface area contributed by atoms with Gasteiger partial charge in [-0.05, 0) is 75.8 Å². The van der Waals surface area contributed by atoms with E-state index in [2.05, 4.69) is 77.9 Å². The maximum Gasteiger partial charge on any atom is 0.126 e. The molecule has 0 aliphatic carbocycles. The van der Waals surface area contributed by atoms with Crippen LogP contribution < -0.4 is 0 Å². The number of rotatable bonds is 3. The van der Waals surface area contributed by atoms with Crippen molar-refractivity contribution in [3.05, 3.63) is 82.2 Å². The SMILES string of the molecule is Cc1ccc(F)c(C)c1C(C)(C)Cc1cccc2c(C(C)(C)C)cccc12. The minimum absolute atomic E-state index is 0.101. The second-order valence-corrected chi connectivity index (χ2v) is 9.49. The molecule has 0 radical (unpaired) electrons. The Balaban J connectivity index is 2.14. The second-order valence-electron chi connectivity index (χ2n) is 9.49. The predicted molar refractivity (Wildman–Crippen MR) is 115 cm³/mol. The third-order valence-corrected chi connectivity index (χ3v) is 5.74. The molecule has 1 heteroatoms. The average molecular weight is 363 g/mol. The Kier molecular flexibility index (Phi) is 4.93. The highest BCUT2D eigenvalue weighted by atomic mass is 19.1. The monoisotopic (exact) mass is 362 g/mol. The lowest BCUT2D eigenvalue weighted by Gasteiger charge is -2.30. The van der Waals surface area contributed by atoms with Gasteiger partial charge in [-0.2, -0.15) is 0 Å². The number of halogens is 1. The minimum Gasteiger partial charge on any atom is -0.207 e. The molecule has 3 aromatic rings. The molecule has 0 spiro atoms. The van der Waals surface area contributed by atoms with Crippen molar-refractivity contribution in [2.24, 2.45) is 0 Å². The van der Waals surface area contributed by atoms with E-state index in [0.717, 1.165) is 23.1 Å². The highest BCUT2D eigenvalue weighted by molar-refractivity contribution is 5.89. The van der Waals surface area contributed by atoms with Gasteiger partial charge in [-0.1, -0.05) is 77.1 Å². The zero-order chi connectivity index (χ0) is 20.0. The van der Waals surface area contributed by atoms with Gasteiger partial charge in [-0.3, -0.25) is 0 Å². The molecule has 142 valence electrons. The van der Waals surface area contributed by atoms with Gasteiger partial charge < -0.3 is 0 Å². The third kappa shape index (κ3) is 3.65. The summed E-state index contributed by atoms with van der Waals surface area (Å²) in [5, 5.41) is 2.63. The topological polar surface area (TPSA) is 0 Å². The first kappa shape index (κ1) is 19.6. The molecule has 27 heavy (non-hydrogen) atoms. The molecule has 0 unspecified atom stereocenters. The number of hydrogen-bond acceptors (Lipinski definition) is 0. The Morgan fingerprint density at radius 1 is 0.778 bits per heavy atom. The molecular weight excluding hydrogens is 331 g/mol. The van der Waals surface area contributed by atoms with Crippen molar-refractivity contribution in [2.75, 3.05) is 0 Å². The quantitative estimate of drug-likeness (QED) is 0.455. The van der Waals surface area contributed by atoms with E-state index >= 15 is 0 Å². The van der Waals surface area contributed by atoms with Crippen molar-refractivity contribution < 1.29 is 4.39 Å². The first-order valence-corrected chi connectivity index (χ1v) is 9.79. The van der Waals surface area contributed by atoms with E-state index in [4.69, 9.17) is 0 Å². The second kappa shape index (κ2) is 6.78. The summed E-state index contributed by atoms with van der Waals surface area (Å²) in [6, 6.07) is 16.7. The van der Waals surface area contributed by atoms with E-state index < -0.39 is 0 Å². The fourth-order valence-electron chi connectivity index (χ4n) is 4.61. The Hall–Kier alpha value is -2.15. The van der Waals surface area contributed by atoms with Gasteiger partial charge in [-0.25, -0.2) is 4.39 Å². The molecule has 0 aromatic heterocycles. The normalized spacial score (nSPS) is 12.6. The summed E-state index contributed by atoms with van der Waals surface area (Å²) in [5.74, 6) is -0.114. The fraction of sp³-hybridized carbons (Fsp3) is 0.385. The van der Waals surface area contributed by atoms with Crippen LogP contribution in [0.3, 0.4) is 0 Å². The van der Waals surface area contributed by atoms with Crippen LogP contribution in [0.5, 0.6) is 0 Å². The maximum atomic E-state index is 14.3. The van der Waals surface area contributed by atoms with Crippen LogP contribution in [0, 0.1) is 19.7 Å². The molecule has 0 saturated heterocycles. The lowest BCUT2D eigenvalue weighted by Crippen LogP contribution is -2.24. The molecule has 0 N–H and O–H groups in total. The Morgan fingerprint density at radius 3 is 2.07 bits per heavy atom. The van der Waals surface area contributed by atoms with Gasteiger partial charge >= 0.3 is 0 Å². The van der Waals surface area contributed by atoms with Crippen LogP contribution in [0.1, 0.15) is 62.4 Å². The molecule has 0 bridgehead atoms.